The van der Waals surface area contributed by atoms with Crippen molar-refractivity contribution in [3.8, 4) is 17.2 Å². The van der Waals surface area contributed by atoms with E-state index < -0.39 is 0 Å². The van der Waals surface area contributed by atoms with Gasteiger partial charge in [-0.05, 0) is 18.2 Å². The van der Waals surface area contributed by atoms with E-state index in [0.717, 1.165) is 5.69 Å². The number of anilines is 1. The molecule has 0 saturated carbocycles. The molecule has 134 valence electrons. The van der Waals surface area contributed by atoms with Gasteiger partial charge in [-0.2, -0.15) is 0 Å². The molecule has 0 saturated heterocycles. The molecule has 26 heavy (non-hydrogen) atoms. The highest BCUT2D eigenvalue weighted by Crippen LogP contribution is 2.26. The van der Waals surface area contributed by atoms with Gasteiger partial charge in [0.25, 0.3) is 5.91 Å². The fourth-order valence-corrected chi connectivity index (χ4v) is 2.82. The minimum Gasteiger partial charge on any atom is -0.497 e. The van der Waals surface area contributed by atoms with Crippen LogP contribution in [0.25, 0.3) is 0 Å². The lowest BCUT2D eigenvalue weighted by atomic mass is 10.2. The second-order valence-corrected chi connectivity index (χ2v) is 6.07. The summed E-state index contributed by atoms with van der Waals surface area (Å²) in [5.74, 6) is 1.55. The topological polar surface area (TPSA) is 69.7 Å². The highest BCUT2D eigenvalue weighted by molar-refractivity contribution is 7.07. The molecule has 0 fully saturated rings. The molecule has 1 amide bonds. The minimum absolute atomic E-state index is 0.251. The van der Waals surface area contributed by atoms with E-state index in [9.17, 15) is 4.79 Å². The molecule has 1 N–H and O–H groups in total. The zero-order valence-electron chi connectivity index (χ0n) is 14.4. The third-order valence-electron chi connectivity index (χ3n) is 3.58. The first-order chi connectivity index (χ1) is 12.7. The summed E-state index contributed by atoms with van der Waals surface area (Å²) in [6, 6.07) is 12.2. The van der Waals surface area contributed by atoms with Crippen LogP contribution in [0.5, 0.6) is 17.2 Å². The Morgan fingerprint density at radius 1 is 1.08 bits per heavy atom. The summed E-state index contributed by atoms with van der Waals surface area (Å²) in [4.78, 5) is 16.7. The van der Waals surface area contributed by atoms with E-state index in [2.05, 4.69) is 10.3 Å². The van der Waals surface area contributed by atoms with Crippen molar-refractivity contribution in [2.24, 2.45) is 0 Å². The number of methoxy groups -OCH3 is 2. The van der Waals surface area contributed by atoms with Crippen molar-refractivity contribution in [2.45, 2.75) is 6.61 Å². The fourth-order valence-electron chi connectivity index (χ4n) is 2.28. The van der Waals surface area contributed by atoms with E-state index in [1.165, 1.54) is 11.3 Å². The van der Waals surface area contributed by atoms with Crippen LogP contribution >= 0.6 is 11.3 Å². The standard InChI is InChI=1S/C19H18N2O4S/c1-23-17-7-14(8-18(9-17)24-2)21-19(22)13-4-3-5-16(6-13)25-10-15-11-26-12-20-15/h3-9,11-12H,10H2,1-2H3,(H,21,22). The van der Waals surface area contributed by atoms with Crippen molar-refractivity contribution in [3.05, 3.63) is 64.6 Å². The van der Waals surface area contributed by atoms with Crippen molar-refractivity contribution in [2.75, 3.05) is 19.5 Å². The average molecular weight is 370 g/mol. The van der Waals surface area contributed by atoms with Crippen LogP contribution in [0.4, 0.5) is 5.69 Å². The summed E-state index contributed by atoms with van der Waals surface area (Å²) in [5, 5.41) is 4.76. The van der Waals surface area contributed by atoms with Gasteiger partial charge in [-0.3, -0.25) is 4.79 Å². The number of amides is 1. The molecule has 0 atom stereocenters. The molecule has 0 aliphatic carbocycles. The molecule has 3 aromatic rings. The van der Waals surface area contributed by atoms with Gasteiger partial charge < -0.3 is 19.5 Å². The van der Waals surface area contributed by atoms with Crippen molar-refractivity contribution in [3.63, 3.8) is 0 Å². The Labute approximate surface area is 155 Å². The van der Waals surface area contributed by atoms with Crippen LogP contribution in [0.1, 0.15) is 16.1 Å². The summed E-state index contributed by atoms with van der Waals surface area (Å²) in [6.45, 7) is 0.363. The van der Waals surface area contributed by atoms with Crippen molar-refractivity contribution in [1.82, 2.24) is 4.98 Å². The van der Waals surface area contributed by atoms with Gasteiger partial charge in [0.15, 0.2) is 0 Å². The number of hydrogen-bond donors (Lipinski definition) is 1. The molecule has 3 rings (SSSR count). The van der Waals surface area contributed by atoms with Crippen LogP contribution in [0.3, 0.4) is 0 Å². The second kappa shape index (κ2) is 8.35. The summed E-state index contributed by atoms with van der Waals surface area (Å²) < 4.78 is 16.1. The summed E-state index contributed by atoms with van der Waals surface area (Å²) in [5.41, 5.74) is 3.68. The molecule has 2 aromatic carbocycles. The third kappa shape index (κ3) is 4.52. The Kier molecular flexibility index (Phi) is 5.70. The maximum Gasteiger partial charge on any atom is 0.255 e. The Morgan fingerprint density at radius 2 is 1.85 bits per heavy atom. The van der Waals surface area contributed by atoms with Gasteiger partial charge in [0.1, 0.15) is 23.9 Å². The molecule has 0 aliphatic rings. The molecule has 6 nitrogen and oxygen atoms in total. The zero-order valence-corrected chi connectivity index (χ0v) is 15.2. The van der Waals surface area contributed by atoms with Crippen LogP contribution in [0, 0.1) is 0 Å². The molecular formula is C19H18N2O4S. The highest BCUT2D eigenvalue weighted by Gasteiger charge is 2.10. The summed E-state index contributed by atoms with van der Waals surface area (Å²) >= 11 is 1.51. The number of carbonyl (C=O) groups excluding carboxylic acids is 1. The van der Waals surface area contributed by atoms with E-state index in [1.807, 2.05) is 5.38 Å². The number of nitrogens with zero attached hydrogens (tertiary/aromatic N) is 1. The van der Waals surface area contributed by atoms with Gasteiger partial charge in [0, 0.05) is 34.8 Å². The third-order valence-corrected chi connectivity index (χ3v) is 4.21. The Morgan fingerprint density at radius 3 is 2.50 bits per heavy atom. The van der Waals surface area contributed by atoms with Gasteiger partial charge in [-0.1, -0.05) is 6.07 Å². The maximum absolute atomic E-state index is 12.5. The minimum atomic E-state index is -0.251. The van der Waals surface area contributed by atoms with E-state index in [4.69, 9.17) is 14.2 Å². The van der Waals surface area contributed by atoms with Gasteiger partial charge >= 0.3 is 0 Å². The molecule has 7 heteroatoms. The fraction of sp³-hybridized carbons (Fsp3) is 0.158. The van der Waals surface area contributed by atoms with E-state index >= 15 is 0 Å². The molecule has 1 aromatic heterocycles. The van der Waals surface area contributed by atoms with E-state index in [1.54, 1.807) is 62.2 Å². The van der Waals surface area contributed by atoms with Crippen LogP contribution in [0.2, 0.25) is 0 Å². The van der Waals surface area contributed by atoms with Gasteiger partial charge in [-0.15, -0.1) is 11.3 Å². The summed E-state index contributed by atoms with van der Waals surface area (Å²) in [6.07, 6.45) is 0. The zero-order chi connectivity index (χ0) is 18.4. The van der Waals surface area contributed by atoms with E-state index in [0.29, 0.717) is 35.1 Å². The van der Waals surface area contributed by atoms with Crippen LogP contribution in [-0.2, 0) is 6.61 Å². The molecule has 0 spiro atoms. The Bertz CT molecular complexity index is 859. The van der Waals surface area contributed by atoms with Gasteiger partial charge in [-0.25, -0.2) is 4.98 Å². The van der Waals surface area contributed by atoms with Crippen LogP contribution in [0.15, 0.2) is 53.4 Å². The summed E-state index contributed by atoms with van der Waals surface area (Å²) in [7, 11) is 3.12. The molecule has 1 heterocycles. The number of nitrogens with one attached hydrogen (secondary N) is 1. The molecule has 0 unspecified atom stereocenters. The number of ether oxygens (including phenoxy) is 3. The quantitative estimate of drug-likeness (QED) is 0.681. The lowest BCUT2D eigenvalue weighted by Gasteiger charge is -2.11. The number of hydrogen-bond acceptors (Lipinski definition) is 6. The van der Waals surface area contributed by atoms with Crippen LogP contribution in [-0.4, -0.2) is 25.1 Å². The normalized spacial score (nSPS) is 10.2. The second-order valence-electron chi connectivity index (χ2n) is 5.35. The number of aromatic nitrogens is 1. The first-order valence-corrected chi connectivity index (χ1v) is 8.76. The number of carbonyl (C=O) groups is 1. The number of benzene rings is 2. The molecule has 0 radical (unpaired) electrons. The first kappa shape index (κ1) is 17.8. The monoisotopic (exact) mass is 370 g/mol. The molecule has 0 bridgehead atoms. The van der Waals surface area contributed by atoms with E-state index in [-0.39, 0.29) is 5.91 Å². The molecular weight excluding hydrogens is 352 g/mol. The number of thiazole rings is 1. The predicted molar refractivity (Wildman–Crippen MR) is 100 cm³/mol. The lowest BCUT2D eigenvalue weighted by molar-refractivity contribution is 0.102. The number of rotatable bonds is 7. The van der Waals surface area contributed by atoms with Crippen LogP contribution < -0.4 is 19.5 Å². The van der Waals surface area contributed by atoms with Gasteiger partial charge in [0.05, 0.1) is 25.4 Å². The average Bonchev–Trinajstić information content (AvgIpc) is 3.20. The van der Waals surface area contributed by atoms with Gasteiger partial charge in [0.2, 0.25) is 0 Å². The first-order valence-electron chi connectivity index (χ1n) is 7.82. The largest absolute Gasteiger partial charge is 0.497 e. The SMILES string of the molecule is COc1cc(NC(=O)c2cccc(OCc3cscn3)c2)cc(OC)c1. The molecule has 0 aliphatic heterocycles. The van der Waals surface area contributed by atoms with Crippen molar-refractivity contribution >= 4 is 22.9 Å². The van der Waals surface area contributed by atoms with Crippen molar-refractivity contribution in [1.29, 1.82) is 0 Å². The predicted octanol–water partition coefficient (Wildman–Crippen LogP) is 3.99. The Balaban J connectivity index is 1.70. The smallest absolute Gasteiger partial charge is 0.255 e. The maximum atomic E-state index is 12.5. The highest BCUT2D eigenvalue weighted by atomic mass is 32.1. The lowest BCUT2D eigenvalue weighted by Crippen LogP contribution is -2.12. The van der Waals surface area contributed by atoms with Crippen molar-refractivity contribution < 1.29 is 19.0 Å². The Hall–Kier alpha value is -3.06.